The van der Waals surface area contributed by atoms with Crippen LogP contribution in [0.3, 0.4) is 0 Å². The summed E-state index contributed by atoms with van der Waals surface area (Å²) in [6, 6.07) is 3.04. The minimum Gasteiger partial charge on any atom is -0.327 e. The Hall–Kier alpha value is -1.05. The van der Waals surface area contributed by atoms with Crippen LogP contribution in [-0.2, 0) is 10.0 Å². The largest absolute Gasteiger partial charge is 0.327 e. The minimum absolute atomic E-state index is 0.00259. The first kappa shape index (κ1) is 12.4. The van der Waals surface area contributed by atoms with E-state index in [0.717, 1.165) is 12.8 Å². The first-order chi connectivity index (χ1) is 8.00. The normalized spacial score (nSPS) is 22.6. The highest BCUT2D eigenvalue weighted by atomic mass is 32.2. The second-order valence-electron chi connectivity index (χ2n) is 4.28. The van der Waals surface area contributed by atoms with E-state index >= 15 is 0 Å². The topological polar surface area (TPSA) is 89.2 Å². The van der Waals surface area contributed by atoms with Gasteiger partial charge in [-0.1, -0.05) is 0 Å². The number of sulfonamides is 1. The monoisotopic (exact) mass is 256 g/mol. The van der Waals surface area contributed by atoms with Crippen molar-refractivity contribution in [3.05, 3.63) is 17.8 Å². The molecule has 0 bridgehead atoms. The lowest BCUT2D eigenvalue weighted by Crippen LogP contribution is -2.45. The Morgan fingerprint density at radius 1 is 1.41 bits per heavy atom. The fourth-order valence-electron chi connectivity index (χ4n) is 1.85. The maximum atomic E-state index is 12.2. The number of nitrogens with two attached hydrogens (primary N) is 1. The molecule has 7 heteroatoms. The van der Waals surface area contributed by atoms with E-state index in [1.165, 1.54) is 10.4 Å². The third-order valence-electron chi connectivity index (χ3n) is 2.80. The third kappa shape index (κ3) is 2.62. The predicted octanol–water partition coefficient (Wildman–Crippen LogP) is -0.103. The molecule has 0 amide bonds. The number of hydrogen-bond acceptors (Lipinski definition) is 5. The maximum absolute atomic E-state index is 12.2. The van der Waals surface area contributed by atoms with Crippen LogP contribution in [0.2, 0.25) is 0 Å². The molecule has 2 heterocycles. The van der Waals surface area contributed by atoms with Gasteiger partial charge in [-0.2, -0.15) is 9.40 Å². The number of nitrogens with zero attached hydrogens (tertiary/aromatic N) is 3. The molecule has 1 saturated heterocycles. The smallest absolute Gasteiger partial charge is 0.262 e. The van der Waals surface area contributed by atoms with E-state index in [-0.39, 0.29) is 11.1 Å². The summed E-state index contributed by atoms with van der Waals surface area (Å²) < 4.78 is 25.8. The summed E-state index contributed by atoms with van der Waals surface area (Å²) in [6.07, 6.45) is 1.66. The van der Waals surface area contributed by atoms with Gasteiger partial charge < -0.3 is 5.73 Å². The van der Waals surface area contributed by atoms with E-state index < -0.39 is 10.0 Å². The first-order valence-corrected chi connectivity index (χ1v) is 7.00. The Balaban J connectivity index is 2.26. The molecular formula is C10H16N4O2S. The maximum Gasteiger partial charge on any atom is 0.262 e. The molecule has 1 aromatic rings. The van der Waals surface area contributed by atoms with Gasteiger partial charge in [0.25, 0.3) is 10.0 Å². The summed E-state index contributed by atoms with van der Waals surface area (Å²) in [6.45, 7) is 2.63. The van der Waals surface area contributed by atoms with Crippen LogP contribution >= 0.6 is 0 Å². The van der Waals surface area contributed by atoms with E-state index in [9.17, 15) is 8.42 Å². The fourth-order valence-corrected chi connectivity index (χ4v) is 3.25. The third-order valence-corrected chi connectivity index (χ3v) is 4.56. The highest BCUT2D eigenvalue weighted by Crippen LogP contribution is 2.18. The summed E-state index contributed by atoms with van der Waals surface area (Å²) in [7, 11) is -3.53. The molecule has 2 N–H and O–H groups in total. The predicted molar refractivity (Wildman–Crippen MR) is 62.7 cm³/mol. The van der Waals surface area contributed by atoms with E-state index in [4.69, 9.17) is 5.73 Å². The standard InChI is InChI=1S/C10H16N4O2S/c1-8-4-5-10(13-12-8)17(15,16)14-6-2-3-9(11)7-14/h4-5,9H,2-3,6-7,11H2,1H3. The number of hydrogen-bond donors (Lipinski definition) is 1. The zero-order valence-electron chi connectivity index (χ0n) is 9.70. The van der Waals surface area contributed by atoms with Crippen LogP contribution in [0.4, 0.5) is 0 Å². The van der Waals surface area contributed by atoms with Gasteiger partial charge in [0.1, 0.15) is 0 Å². The summed E-state index contributed by atoms with van der Waals surface area (Å²) in [5.41, 5.74) is 6.48. The molecule has 1 fully saturated rings. The van der Waals surface area contributed by atoms with Crippen molar-refractivity contribution in [3.63, 3.8) is 0 Å². The molecule has 0 aliphatic carbocycles. The molecule has 1 unspecified atom stereocenters. The van der Waals surface area contributed by atoms with Crippen molar-refractivity contribution in [2.24, 2.45) is 5.73 Å². The molecular weight excluding hydrogens is 240 g/mol. The lowest BCUT2D eigenvalue weighted by Gasteiger charge is -2.29. The Kier molecular flexibility index (Phi) is 3.41. The molecule has 1 aromatic heterocycles. The minimum atomic E-state index is -3.53. The molecule has 17 heavy (non-hydrogen) atoms. The Morgan fingerprint density at radius 2 is 2.18 bits per heavy atom. The molecule has 1 aliphatic heterocycles. The van der Waals surface area contributed by atoms with Gasteiger partial charge in [0.15, 0.2) is 5.03 Å². The van der Waals surface area contributed by atoms with Gasteiger partial charge in [-0.15, -0.1) is 5.10 Å². The van der Waals surface area contributed by atoms with Gasteiger partial charge in [-0.25, -0.2) is 8.42 Å². The molecule has 0 radical (unpaired) electrons. The quantitative estimate of drug-likeness (QED) is 0.798. The second kappa shape index (κ2) is 4.67. The van der Waals surface area contributed by atoms with Crippen molar-refractivity contribution in [3.8, 4) is 0 Å². The Labute approximate surface area is 101 Å². The van der Waals surface area contributed by atoms with Crippen LogP contribution < -0.4 is 5.73 Å². The summed E-state index contributed by atoms with van der Waals surface area (Å²) >= 11 is 0. The number of rotatable bonds is 2. The first-order valence-electron chi connectivity index (χ1n) is 5.56. The molecule has 1 aliphatic rings. The molecule has 0 spiro atoms. The van der Waals surface area contributed by atoms with Crippen molar-refractivity contribution >= 4 is 10.0 Å². The highest BCUT2D eigenvalue weighted by molar-refractivity contribution is 7.89. The van der Waals surface area contributed by atoms with Crippen LogP contribution in [0.1, 0.15) is 18.5 Å². The summed E-state index contributed by atoms with van der Waals surface area (Å²) in [5.74, 6) is 0. The van der Waals surface area contributed by atoms with Gasteiger partial charge in [0, 0.05) is 19.1 Å². The SMILES string of the molecule is Cc1ccc(S(=O)(=O)N2CCCC(N)C2)nn1. The van der Waals surface area contributed by atoms with Crippen molar-refractivity contribution < 1.29 is 8.42 Å². The molecule has 1 atom stereocenters. The van der Waals surface area contributed by atoms with Gasteiger partial charge in [0.2, 0.25) is 0 Å². The molecule has 2 rings (SSSR count). The van der Waals surface area contributed by atoms with Crippen LogP contribution in [-0.4, -0.2) is 42.1 Å². The van der Waals surface area contributed by atoms with E-state index in [0.29, 0.717) is 18.8 Å². The number of piperidine rings is 1. The Morgan fingerprint density at radius 3 is 2.76 bits per heavy atom. The lowest BCUT2D eigenvalue weighted by molar-refractivity contribution is 0.315. The molecule has 6 nitrogen and oxygen atoms in total. The van der Waals surface area contributed by atoms with E-state index in [2.05, 4.69) is 10.2 Å². The second-order valence-corrected chi connectivity index (χ2v) is 6.16. The van der Waals surface area contributed by atoms with Crippen LogP contribution in [0, 0.1) is 6.92 Å². The van der Waals surface area contributed by atoms with Gasteiger partial charge in [-0.3, -0.25) is 0 Å². The van der Waals surface area contributed by atoms with Crippen molar-refractivity contribution in [2.45, 2.75) is 30.8 Å². The van der Waals surface area contributed by atoms with Crippen LogP contribution in [0.15, 0.2) is 17.2 Å². The van der Waals surface area contributed by atoms with Gasteiger partial charge in [0.05, 0.1) is 5.69 Å². The van der Waals surface area contributed by atoms with E-state index in [1.807, 2.05) is 0 Å². The van der Waals surface area contributed by atoms with Crippen LogP contribution in [0.25, 0.3) is 0 Å². The molecule has 0 aromatic carbocycles. The Bertz CT molecular complexity index is 486. The molecule has 0 saturated carbocycles. The van der Waals surface area contributed by atoms with Crippen LogP contribution in [0.5, 0.6) is 0 Å². The lowest BCUT2D eigenvalue weighted by atomic mass is 10.1. The average molecular weight is 256 g/mol. The summed E-state index contributed by atoms with van der Waals surface area (Å²) in [4.78, 5) is 0. The van der Waals surface area contributed by atoms with Crippen molar-refractivity contribution in [2.75, 3.05) is 13.1 Å². The van der Waals surface area contributed by atoms with Crippen molar-refractivity contribution in [1.82, 2.24) is 14.5 Å². The molecule has 94 valence electrons. The van der Waals surface area contributed by atoms with E-state index in [1.54, 1.807) is 13.0 Å². The van der Waals surface area contributed by atoms with Gasteiger partial charge in [-0.05, 0) is 31.9 Å². The van der Waals surface area contributed by atoms with Gasteiger partial charge >= 0.3 is 0 Å². The zero-order valence-corrected chi connectivity index (χ0v) is 10.5. The number of aromatic nitrogens is 2. The highest BCUT2D eigenvalue weighted by Gasteiger charge is 2.30. The number of aryl methyl sites for hydroxylation is 1. The van der Waals surface area contributed by atoms with Crippen molar-refractivity contribution in [1.29, 1.82) is 0 Å². The zero-order chi connectivity index (χ0) is 12.5. The average Bonchev–Trinajstić information content (AvgIpc) is 2.29. The summed E-state index contributed by atoms with van der Waals surface area (Å²) in [5, 5.41) is 7.50. The fraction of sp³-hybridized carbons (Fsp3) is 0.600.